The molecule has 1 aromatic heterocycles. The average molecular weight is 304 g/mol. The zero-order valence-electron chi connectivity index (χ0n) is 13.4. The van der Waals surface area contributed by atoms with Crippen LogP contribution in [-0.2, 0) is 24.7 Å². The van der Waals surface area contributed by atoms with E-state index >= 15 is 0 Å². The summed E-state index contributed by atoms with van der Waals surface area (Å²) in [5, 5.41) is 7.43. The van der Waals surface area contributed by atoms with Crippen molar-refractivity contribution in [1.29, 1.82) is 0 Å². The summed E-state index contributed by atoms with van der Waals surface area (Å²) >= 11 is 0. The minimum absolute atomic E-state index is 0.00331. The van der Waals surface area contributed by atoms with Crippen LogP contribution in [0, 0.1) is 0 Å². The first kappa shape index (κ1) is 15.1. The molecule has 0 saturated carbocycles. The zero-order valence-corrected chi connectivity index (χ0v) is 13.4. The molecule has 0 radical (unpaired) electrons. The van der Waals surface area contributed by atoms with Gasteiger partial charge in [0.15, 0.2) is 5.69 Å². The second-order valence-corrected chi connectivity index (χ2v) is 6.37. The van der Waals surface area contributed by atoms with Gasteiger partial charge >= 0.3 is 0 Å². The summed E-state index contributed by atoms with van der Waals surface area (Å²) in [7, 11) is 1.93. The van der Waals surface area contributed by atoms with Gasteiger partial charge in [-0.25, -0.2) is 0 Å². The normalized spacial score (nSPS) is 18.9. The quantitative estimate of drug-likeness (QED) is 0.888. The predicted molar refractivity (Wildman–Crippen MR) is 82.6 cm³/mol. The number of hydrogen-bond acceptors (Lipinski definition) is 3. The first-order valence-corrected chi connectivity index (χ1v) is 8.17. The molecule has 2 aliphatic rings. The number of nitrogens with zero attached hydrogens (tertiary/aromatic N) is 3. The summed E-state index contributed by atoms with van der Waals surface area (Å²) in [6, 6.07) is 0.194. The Morgan fingerprint density at radius 1 is 1.18 bits per heavy atom. The Morgan fingerprint density at radius 3 is 2.55 bits per heavy atom. The maximum Gasteiger partial charge on any atom is 0.274 e. The van der Waals surface area contributed by atoms with Crippen LogP contribution in [0.3, 0.4) is 0 Å². The minimum Gasteiger partial charge on any atom is -0.353 e. The van der Waals surface area contributed by atoms with Crippen LogP contribution in [-0.4, -0.2) is 45.6 Å². The fourth-order valence-electron chi connectivity index (χ4n) is 3.61. The van der Waals surface area contributed by atoms with Crippen LogP contribution in [0.5, 0.6) is 0 Å². The Morgan fingerprint density at radius 2 is 1.86 bits per heavy atom. The molecule has 1 N–H and O–H groups in total. The fourth-order valence-corrected chi connectivity index (χ4v) is 3.61. The summed E-state index contributed by atoms with van der Waals surface area (Å²) in [5.74, 6) is 0.0589. The van der Waals surface area contributed by atoms with Crippen LogP contribution in [0.2, 0.25) is 0 Å². The third kappa shape index (κ3) is 2.87. The van der Waals surface area contributed by atoms with E-state index in [1.54, 1.807) is 0 Å². The third-order valence-electron chi connectivity index (χ3n) is 4.76. The van der Waals surface area contributed by atoms with Crippen LogP contribution >= 0.6 is 0 Å². The summed E-state index contributed by atoms with van der Waals surface area (Å²) in [6.45, 7) is 2.92. The number of hydrogen-bond donors (Lipinski definition) is 1. The van der Waals surface area contributed by atoms with Crippen LogP contribution in [0.4, 0.5) is 0 Å². The number of aromatic nitrogens is 2. The van der Waals surface area contributed by atoms with Crippen molar-refractivity contribution in [3.8, 4) is 0 Å². The number of nitrogens with one attached hydrogen (secondary N) is 1. The number of carbonyl (C=O) groups excluding carboxylic acids is 2. The first-order chi connectivity index (χ1) is 10.6. The molecule has 0 aromatic carbocycles. The topological polar surface area (TPSA) is 67.2 Å². The summed E-state index contributed by atoms with van der Waals surface area (Å²) in [5.41, 5.74) is 3.03. The molecule has 6 nitrogen and oxygen atoms in total. The van der Waals surface area contributed by atoms with Gasteiger partial charge < -0.3 is 10.2 Å². The van der Waals surface area contributed by atoms with Crippen molar-refractivity contribution in [3.05, 3.63) is 17.0 Å². The van der Waals surface area contributed by atoms with Gasteiger partial charge in [-0.1, -0.05) is 0 Å². The number of aryl methyl sites for hydroxylation is 1. The van der Waals surface area contributed by atoms with Crippen molar-refractivity contribution in [2.24, 2.45) is 7.05 Å². The summed E-state index contributed by atoms with van der Waals surface area (Å²) in [6.07, 6.45) is 5.95. The number of fused-ring (bicyclic) bond motifs is 1. The molecular weight excluding hydrogens is 280 g/mol. The molecule has 0 spiro atoms. The SMILES string of the molecule is CC(=O)NC1CCN(C(=O)c2nn(C)c3c2CCCC3)CC1. The minimum atomic E-state index is 0.00331. The van der Waals surface area contributed by atoms with E-state index in [4.69, 9.17) is 0 Å². The smallest absolute Gasteiger partial charge is 0.274 e. The number of piperidine rings is 1. The van der Waals surface area contributed by atoms with E-state index in [0.29, 0.717) is 18.8 Å². The van der Waals surface area contributed by atoms with E-state index in [2.05, 4.69) is 10.4 Å². The Labute approximate surface area is 130 Å². The molecular formula is C16H24N4O2. The highest BCUT2D eigenvalue weighted by atomic mass is 16.2. The van der Waals surface area contributed by atoms with Gasteiger partial charge in [-0.2, -0.15) is 5.10 Å². The Bertz CT molecular complexity index is 585. The van der Waals surface area contributed by atoms with Gasteiger partial charge in [0.05, 0.1) is 0 Å². The number of amides is 2. The van der Waals surface area contributed by atoms with Crippen molar-refractivity contribution in [2.75, 3.05) is 13.1 Å². The highest BCUT2D eigenvalue weighted by Gasteiger charge is 2.29. The van der Waals surface area contributed by atoms with Gasteiger partial charge in [-0.05, 0) is 38.5 Å². The van der Waals surface area contributed by atoms with E-state index in [9.17, 15) is 9.59 Å². The molecule has 3 rings (SSSR count). The van der Waals surface area contributed by atoms with E-state index < -0.39 is 0 Å². The molecule has 22 heavy (non-hydrogen) atoms. The molecule has 0 unspecified atom stereocenters. The van der Waals surface area contributed by atoms with Gasteiger partial charge in [-0.3, -0.25) is 14.3 Å². The van der Waals surface area contributed by atoms with Crippen molar-refractivity contribution in [2.45, 2.75) is 51.5 Å². The predicted octanol–water partition coefficient (Wildman–Crippen LogP) is 1.04. The number of likely N-dealkylation sites (tertiary alicyclic amines) is 1. The van der Waals surface area contributed by atoms with Crippen LogP contribution in [0.1, 0.15) is 54.4 Å². The molecule has 1 saturated heterocycles. The van der Waals surface area contributed by atoms with Crippen LogP contribution < -0.4 is 5.32 Å². The molecule has 1 fully saturated rings. The molecule has 1 aliphatic heterocycles. The third-order valence-corrected chi connectivity index (χ3v) is 4.76. The molecule has 6 heteroatoms. The van der Waals surface area contributed by atoms with Crippen molar-refractivity contribution in [1.82, 2.24) is 20.0 Å². The lowest BCUT2D eigenvalue weighted by atomic mass is 9.95. The highest BCUT2D eigenvalue weighted by molar-refractivity contribution is 5.94. The standard InChI is InChI=1S/C16H24N4O2/c1-11(21)17-12-7-9-20(10-8-12)16(22)15-13-5-3-4-6-14(13)19(2)18-15/h12H,3-10H2,1-2H3,(H,17,21). The lowest BCUT2D eigenvalue weighted by molar-refractivity contribution is -0.119. The number of rotatable bonds is 2. The summed E-state index contributed by atoms with van der Waals surface area (Å²) in [4.78, 5) is 25.8. The molecule has 2 amide bonds. The maximum atomic E-state index is 12.8. The van der Waals surface area contributed by atoms with Crippen LogP contribution in [0.25, 0.3) is 0 Å². The molecule has 2 heterocycles. The molecule has 0 atom stereocenters. The molecule has 120 valence electrons. The van der Waals surface area contributed by atoms with E-state index in [1.807, 2.05) is 16.6 Å². The second-order valence-electron chi connectivity index (χ2n) is 6.37. The average Bonchev–Trinajstić information content (AvgIpc) is 2.84. The Kier molecular flexibility index (Phi) is 4.18. The molecule has 1 aromatic rings. The largest absolute Gasteiger partial charge is 0.353 e. The van der Waals surface area contributed by atoms with Gasteiger partial charge in [0.1, 0.15) is 0 Å². The fraction of sp³-hybridized carbons (Fsp3) is 0.688. The van der Waals surface area contributed by atoms with Crippen LogP contribution in [0.15, 0.2) is 0 Å². The second kappa shape index (κ2) is 6.10. The van der Waals surface area contributed by atoms with Gasteiger partial charge in [0.25, 0.3) is 5.91 Å². The highest BCUT2D eigenvalue weighted by Crippen LogP contribution is 2.25. The lowest BCUT2D eigenvalue weighted by Crippen LogP contribution is -2.46. The first-order valence-electron chi connectivity index (χ1n) is 8.17. The van der Waals surface area contributed by atoms with Crippen molar-refractivity contribution in [3.63, 3.8) is 0 Å². The summed E-state index contributed by atoms with van der Waals surface area (Å²) < 4.78 is 1.88. The monoisotopic (exact) mass is 304 g/mol. The van der Waals surface area contributed by atoms with Gasteiger partial charge in [-0.15, -0.1) is 0 Å². The Hall–Kier alpha value is -1.85. The van der Waals surface area contributed by atoms with Crippen molar-refractivity contribution < 1.29 is 9.59 Å². The lowest BCUT2D eigenvalue weighted by Gasteiger charge is -2.32. The van der Waals surface area contributed by atoms with E-state index in [1.165, 1.54) is 19.0 Å². The van der Waals surface area contributed by atoms with Crippen molar-refractivity contribution >= 4 is 11.8 Å². The van der Waals surface area contributed by atoms with Gasteiger partial charge in [0, 0.05) is 44.4 Å². The maximum absolute atomic E-state index is 12.8. The Balaban J connectivity index is 1.69. The van der Waals surface area contributed by atoms with E-state index in [-0.39, 0.29) is 17.9 Å². The zero-order chi connectivity index (χ0) is 15.7. The molecule has 1 aliphatic carbocycles. The molecule has 0 bridgehead atoms. The van der Waals surface area contributed by atoms with E-state index in [0.717, 1.165) is 37.7 Å². The van der Waals surface area contributed by atoms with Gasteiger partial charge in [0.2, 0.25) is 5.91 Å². The number of carbonyl (C=O) groups is 2.